The molecule has 20 heavy (non-hydrogen) atoms. The van der Waals surface area contributed by atoms with E-state index in [1.54, 1.807) is 6.20 Å². The van der Waals surface area contributed by atoms with Crippen molar-refractivity contribution in [2.45, 2.75) is 18.9 Å². The van der Waals surface area contributed by atoms with Crippen LogP contribution in [0.5, 0.6) is 0 Å². The molecular weight excluding hydrogens is 255 g/mol. The third-order valence-electron chi connectivity index (χ3n) is 4.16. The van der Waals surface area contributed by atoms with Gasteiger partial charge in [-0.15, -0.1) is 0 Å². The van der Waals surface area contributed by atoms with E-state index in [4.69, 9.17) is 0 Å². The Kier molecular flexibility index (Phi) is 5.73. The summed E-state index contributed by atoms with van der Waals surface area (Å²) in [5.74, 6) is -0.303. The van der Waals surface area contributed by atoms with Crippen LogP contribution in [0.2, 0.25) is 0 Å². The predicted molar refractivity (Wildman–Crippen MR) is 81.5 cm³/mol. The van der Waals surface area contributed by atoms with Crippen LogP contribution in [0, 0.1) is 0 Å². The fraction of sp³-hybridized carbons (Fsp3) is 0.667. The van der Waals surface area contributed by atoms with Crippen LogP contribution in [-0.2, 0) is 0 Å². The Balaban J connectivity index is 1.77. The highest BCUT2D eigenvalue weighted by molar-refractivity contribution is 5.75. The van der Waals surface area contributed by atoms with Gasteiger partial charge in [0.05, 0.1) is 6.21 Å². The quantitative estimate of drug-likeness (QED) is 0.732. The number of nitrogens with zero attached hydrogens (tertiary/aromatic N) is 4. The second-order valence-corrected chi connectivity index (χ2v) is 5.58. The highest BCUT2D eigenvalue weighted by atomic mass is 19.1. The van der Waals surface area contributed by atoms with E-state index >= 15 is 0 Å². The van der Waals surface area contributed by atoms with Crippen molar-refractivity contribution in [3.8, 4) is 0 Å². The molecule has 112 valence electrons. The number of hydrogen-bond donors (Lipinski definition) is 0. The molecule has 2 saturated heterocycles. The molecule has 2 heterocycles. The van der Waals surface area contributed by atoms with Gasteiger partial charge in [-0.3, -0.25) is 9.89 Å². The van der Waals surface area contributed by atoms with Crippen molar-refractivity contribution >= 4 is 6.21 Å². The summed E-state index contributed by atoms with van der Waals surface area (Å²) in [6, 6.07) is 0.665. The highest BCUT2D eigenvalue weighted by Gasteiger charge is 2.25. The third-order valence-corrected chi connectivity index (χ3v) is 4.16. The largest absolute Gasteiger partial charge is 0.375 e. The first kappa shape index (κ1) is 15.2. The lowest BCUT2D eigenvalue weighted by Gasteiger charge is -2.41. The summed E-state index contributed by atoms with van der Waals surface area (Å²) in [5.41, 5.74) is 0. The molecule has 0 spiro atoms. The first-order valence-electron chi connectivity index (χ1n) is 7.37. The van der Waals surface area contributed by atoms with E-state index in [1.807, 2.05) is 0 Å². The number of rotatable bonds is 4. The van der Waals surface area contributed by atoms with E-state index in [-0.39, 0.29) is 5.83 Å². The second-order valence-electron chi connectivity index (χ2n) is 5.58. The van der Waals surface area contributed by atoms with E-state index in [1.165, 1.54) is 12.4 Å². The normalized spacial score (nSPS) is 24.5. The van der Waals surface area contributed by atoms with Gasteiger partial charge in [0.1, 0.15) is 0 Å². The summed E-state index contributed by atoms with van der Waals surface area (Å²) < 4.78 is 13.5. The van der Waals surface area contributed by atoms with Crippen LogP contribution in [0.1, 0.15) is 12.8 Å². The Morgan fingerprint density at radius 1 is 1.15 bits per heavy atom. The molecule has 0 N–H and O–H groups in total. The van der Waals surface area contributed by atoms with Gasteiger partial charge in [-0.05, 0) is 19.9 Å². The molecule has 0 aliphatic carbocycles. The summed E-state index contributed by atoms with van der Waals surface area (Å²) >= 11 is 0. The molecule has 2 aliphatic rings. The smallest absolute Gasteiger partial charge is 0.157 e. The summed E-state index contributed by atoms with van der Waals surface area (Å²) in [5, 5.41) is 0. The first-order chi connectivity index (χ1) is 9.69. The van der Waals surface area contributed by atoms with Crippen molar-refractivity contribution in [2.24, 2.45) is 4.99 Å². The van der Waals surface area contributed by atoms with Crippen molar-refractivity contribution in [1.29, 1.82) is 0 Å². The molecule has 0 bridgehead atoms. The Bertz CT molecular complexity index is 364. The molecule has 0 saturated carbocycles. The van der Waals surface area contributed by atoms with Crippen LogP contribution >= 0.6 is 0 Å². The molecular formula is C15H25FN4. The minimum Gasteiger partial charge on any atom is -0.375 e. The van der Waals surface area contributed by atoms with E-state index in [9.17, 15) is 4.39 Å². The molecule has 0 atom stereocenters. The van der Waals surface area contributed by atoms with Crippen LogP contribution in [0.25, 0.3) is 0 Å². The maximum atomic E-state index is 13.5. The zero-order valence-electron chi connectivity index (χ0n) is 12.3. The Morgan fingerprint density at radius 2 is 1.80 bits per heavy atom. The minimum absolute atomic E-state index is 0.303. The standard InChI is InChI=1S/C15H25FN4/c1-3-17-12-14(16)13-19-6-4-15(5-7-19)20-10-8-18(2)9-11-20/h3,12-13,15H,1,4-11H2,2H3/b14-13+,17-12-. The lowest BCUT2D eigenvalue weighted by atomic mass is 10.0. The number of likely N-dealkylation sites (tertiary alicyclic amines) is 1. The zero-order chi connectivity index (χ0) is 14.4. The number of piperazine rings is 1. The molecule has 2 fully saturated rings. The Labute approximate surface area is 121 Å². The molecule has 0 aromatic carbocycles. The molecule has 2 aliphatic heterocycles. The Hall–Kier alpha value is -1.20. The van der Waals surface area contributed by atoms with Crippen LogP contribution < -0.4 is 0 Å². The van der Waals surface area contributed by atoms with Crippen molar-refractivity contribution < 1.29 is 4.39 Å². The molecule has 0 aromatic rings. The summed E-state index contributed by atoms with van der Waals surface area (Å²) in [6.07, 6.45) is 6.35. The van der Waals surface area contributed by atoms with E-state index in [0.717, 1.165) is 52.1 Å². The average molecular weight is 280 g/mol. The molecule has 0 aromatic heterocycles. The van der Waals surface area contributed by atoms with Crippen molar-refractivity contribution in [3.05, 3.63) is 24.8 Å². The SMILES string of the molecule is C=C/N=C\C(F)=C/N1CCC(N2CCN(C)CC2)CC1. The van der Waals surface area contributed by atoms with Crippen LogP contribution in [0.15, 0.2) is 29.8 Å². The summed E-state index contributed by atoms with van der Waals surface area (Å²) in [6.45, 7) is 9.93. The molecule has 0 amide bonds. The van der Waals surface area contributed by atoms with Crippen molar-refractivity contribution in [1.82, 2.24) is 14.7 Å². The molecule has 0 radical (unpaired) electrons. The van der Waals surface area contributed by atoms with Gasteiger partial charge in [-0.25, -0.2) is 4.39 Å². The number of halogens is 1. The van der Waals surface area contributed by atoms with Crippen LogP contribution in [0.3, 0.4) is 0 Å². The Morgan fingerprint density at radius 3 is 2.40 bits per heavy atom. The van der Waals surface area contributed by atoms with Crippen LogP contribution in [-0.4, -0.2) is 73.3 Å². The van der Waals surface area contributed by atoms with Gasteiger partial charge >= 0.3 is 0 Å². The van der Waals surface area contributed by atoms with Gasteiger partial charge < -0.3 is 9.80 Å². The minimum atomic E-state index is -0.303. The van der Waals surface area contributed by atoms with E-state index < -0.39 is 0 Å². The highest BCUT2D eigenvalue weighted by Crippen LogP contribution is 2.18. The van der Waals surface area contributed by atoms with Gasteiger partial charge in [0, 0.05) is 57.7 Å². The van der Waals surface area contributed by atoms with Gasteiger partial charge in [-0.2, -0.15) is 0 Å². The maximum absolute atomic E-state index is 13.5. The zero-order valence-corrected chi connectivity index (χ0v) is 12.3. The molecule has 4 nitrogen and oxygen atoms in total. The number of allylic oxidation sites excluding steroid dienone is 1. The summed E-state index contributed by atoms with van der Waals surface area (Å²) in [4.78, 5) is 10.7. The maximum Gasteiger partial charge on any atom is 0.157 e. The number of aliphatic imine (C=N–C) groups is 1. The van der Waals surface area contributed by atoms with Crippen LogP contribution in [0.4, 0.5) is 4.39 Å². The van der Waals surface area contributed by atoms with Crippen molar-refractivity contribution in [3.63, 3.8) is 0 Å². The fourth-order valence-electron chi connectivity index (χ4n) is 2.90. The average Bonchev–Trinajstić information content (AvgIpc) is 2.47. The van der Waals surface area contributed by atoms with Crippen molar-refractivity contribution in [2.75, 3.05) is 46.3 Å². The third kappa shape index (κ3) is 4.42. The van der Waals surface area contributed by atoms with Gasteiger partial charge in [0.2, 0.25) is 0 Å². The first-order valence-corrected chi connectivity index (χ1v) is 7.37. The lowest BCUT2D eigenvalue weighted by Crippen LogP contribution is -2.51. The fourth-order valence-corrected chi connectivity index (χ4v) is 2.90. The topological polar surface area (TPSA) is 22.1 Å². The van der Waals surface area contributed by atoms with Gasteiger partial charge in [-0.1, -0.05) is 6.58 Å². The molecule has 0 unspecified atom stereocenters. The summed E-state index contributed by atoms with van der Waals surface area (Å²) in [7, 11) is 2.18. The van der Waals surface area contributed by atoms with Gasteiger partial charge in [0.15, 0.2) is 5.83 Å². The van der Waals surface area contributed by atoms with E-state index in [2.05, 4.69) is 33.3 Å². The predicted octanol–water partition coefficient (Wildman–Crippen LogP) is 1.72. The second kappa shape index (κ2) is 7.55. The lowest BCUT2D eigenvalue weighted by molar-refractivity contribution is 0.0779. The number of piperidine rings is 1. The van der Waals surface area contributed by atoms with Gasteiger partial charge in [0.25, 0.3) is 0 Å². The number of likely N-dealkylation sites (N-methyl/N-ethyl adjacent to an activating group) is 1. The monoisotopic (exact) mass is 280 g/mol. The molecule has 2 rings (SSSR count). The van der Waals surface area contributed by atoms with E-state index in [0.29, 0.717) is 6.04 Å². The molecule has 5 heteroatoms. The number of hydrogen-bond acceptors (Lipinski definition) is 4.